The molecule has 3 aromatic rings. The summed E-state index contributed by atoms with van der Waals surface area (Å²) in [5, 5.41) is 2.28. The van der Waals surface area contributed by atoms with E-state index in [1.54, 1.807) is 47.2 Å². The van der Waals surface area contributed by atoms with E-state index < -0.39 is 87.6 Å². The van der Waals surface area contributed by atoms with Gasteiger partial charge in [0.2, 0.25) is 5.91 Å². The van der Waals surface area contributed by atoms with Crippen molar-refractivity contribution >= 4 is 70.8 Å². The lowest BCUT2D eigenvalue weighted by Gasteiger charge is -2.30. The third kappa shape index (κ3) is 12.2. The van der Waals surface area contributed by atoms with Gasteiger partial charge < -0.3 is 14.8 Å². The zero-order valence-electron chi connectivity index (χ0n) is 35.0. The van der Waals surface area contributed by atoms with Crippen LogP contribution in [-0.2, 0) is 52.5 Å². The van der Waals surface area contributed by atoms with Crippen molar-refractivity contribution in [3.05, 3.63) is 112 Å². The number of hydrogen-bond acceptors (Lipinski definition) is 10. The molecule has 5 rings (SSSR count). The fourth-order valence-corrected chi connectivity index (χ4v) is 9.63. The van der Waals surface area contributed by atoms with E-state index >= 15 is 0 Å². The molecule has 22 heteroatoms. The Kier molecular flexibility index (Phi) is 15.7. The molecule has 3 N–H and O–H groups in total. The highest BCUT2D eigenvalue weighted by molar-refractivity contribution is 7.86. The van der Waals surface area contributed by atoms with Crippen LogP contribution in [0.15, 0.2) is 82.5 Å². The standard InChI is InChI=1S/C42H47ClF4N4O10S3/c1-41(2)30-23-27(43)26-50(19-12-22-63(56,57)58)40(30)48-34(41)13-6-4-7-14-35-42(3,18-9-11-21-62(53,54)55)29-24-28(64(59,60)61)16-17-33(29)51(35)20-10-5-8-15-36(52)49-39-37(46)31(44)25-32(45)38(39)47/h4,6-7,13-14,16-17,23-26H,5,8-12,15,18-22H2,1-3H3,(H3-,49,52,53,54,55,56,57,58,59,60,61). The van der Waals surface area contributed by atoms with Crippen LogP contribution in [0.25, 0.3) is 0 Å². The molecule has 1 atom stereocenters. The van der Waals surface area contributed by atoms with Crippen molar-refractivity contribution in [1.82, 2.24) is 0 Å². The van der Waals surface area contributed by atoms with Gasteiger partial charge in [-0.3, -0.25) is 13.9 Å². The lowest BCUT2D eigenvalue weighted by atomic mass is 9.77. The van der Waals surface area contributed by atoms with Crippen LogP contribution in [0, 0.1) is 23.3 Å². The molecule has 0 aliphatic carbocycles. The van der Waals surface area contributed by atoms with Gasteiger partial charge in [0.15, 0.2) is 29.0 Å². The summed E-state index contributed by atoms with van der Waals surface area (Å²) >= 11 is 6.41. The molecular weight excluding hydrogens is 928 g/mol. The maximum absolute atomic E-state index is 14.1. The normalized spacial score (nSPS) is 18.0. The van der Waals surface area contributed by atoms with Gasteiger partial charge in [0.25, 0.3) is 20.2 Å². The molecule has 0 fully saturated rings. The maximum atomic E-state index is 14.1. The van der Waals surface area contributed by atoms with Crippen molar-refractivity contribution in [2.45, 2.75) is 94.4 Å². The predicted molar refractivity (Wildman–Crippen MR) is 232 cm³/mol. The smallest absolute Gasteiger partial charge is 0.327 e. The van der Waals surface area contributed by atoms with E-state index in [2.05, 4.69) is 0 Å². The first-order valence-electron chi connectivity index (χ1n) is 20.0. The zero-order valence-corrected chi connectivity index (χ0v) is 38.2. The third-order valence-electron chi connectivity index (χ3n) is 11.1. The number of allylic oxidation sites excluding steroid dienone is 6. The molecule has 14 nitrogen and oxygen atoms in total. The van der Waals surface area contributed by atoms with E-state index in [0.717, 1.165) is 5.56 Å². The van der Waals surface area contributed by atoms with E-state index in [4.69, 9.17) is 16.6 Å². The van der Waals surface area contributed by atoms with Crippen LogP contribution < -0.4 is 14.8 Å². The Hall–Kier alpha value is -4.51. The summed E-state index contributed by atoms with van der Waals surface area (Å²) in [7, 11) is -13.3. The van der Waals surface area contributed by atoms with Crippen molar-refractivity contribution in [1.29, 1.82) is 0 Å². The first kappa shape index (κ1) is 50.5. The number of nitrogens with one attached hydrogen (secondary N) is 1. The van der Waals surface area contributed by atoms with Crippen LogP contribution in [0.1, 0.15) is 83.3 Å². The lowest BCUT2D eigenvalue weighted by molar-refractivity contribution is -0.684. The van der Waals surface area contributed by atoms with Gasteiger partial charge in [-0.05, 0) is 99.8 Å². The van der Waals surface area contributed by atoms with Crippen molar-refractivity contribution < 1.29 is 65.8 Å². The molecule has 0 bridgehead atoms. The number of carbonyl (C=O) groups excluding carboxylic acids is 1. The topological polar surface area (TPSA) is 215 Å². The molecule has 1 aromatic heterocycles. The van der Waals surface area contributed by atoms with Gasteiger partial charge in [0.1, 0.15) is 11.9 Å². The Morgan fingerprint density at radius 3 is 2.20 bits per heavy atom. The average Bonchev–Trinajstić information content (AvgIpc) is 3.57. The quantitative estimate of drug-likeness (QED) is 0.0248. The highest BCUT2D eigenvalue weighted by Gasteiger charge is 2.44. The van der Waals surface area contributed by atoms with Crippen molar-refractivity contribution in [2.75, 3.05) is 28.3 Å². The SMILES string of the molecule is CC1(C)C(/C=C/C=C/C=C2/N(CCCCCC(=O)Nc3c(F)c(F)cc(F)c3F)c3ccc(S(=O)(=O)O)cc3C2(C)CCCCS(=O)(=O)O)=Nc2c1cc(Cl)c[n+]2CCCS(=O)(=O)[O-]. The molecule has 1 unspecified atom stereocenters. The number of unbranched alkanes of at least 4 members (excludes halogenated alkanes) is 3. The molecule has 2 aliphatic rings. The van der Waals surface area contributed by atoms with Crippen molar-refractivity contribution in [3.8, 4) is 0 Å². The number of pyridine rings is 1. The largest absolute Gasteiger partial charge is 0.748 e. The molecule has 0 radical (unpaired) electrons. The van der Waals surface area contributed by atoms with E-state index in [1.165, 1.54) is 18.2 Å². The first-order chi connectivity index (χ1) is 29.7. The van der Waals surface area contributed by atoms with Crippen LogP contribution >= 0.6 is 11.6 Å². The summed E-state index contributed by atoms with van der Waals surface area (Å²) in [5.41, 5.74) is 0.341. The highest BCUT2D eigenvalue weighted by Crippen LogP contribution is 2.51. The molecule has 0 saturated carbocycles. The van der Waals surface area contributed by atoms with E-state index in [1.807, 2.05) is 31.0 Å². The molecule has 64 heavy (non-hydrogen) atoms. The Morgan fingerprint density at radius 1 is 0.875 bits per heavy atom. The van der Waals surface area contributed by atoms with E-state index in [0.29, 0.717) is 52.9 Å². The summed E-state index contributed by atoms with van der Waals surface area (Å²) in [6.07, 6.45) is 11.8. The molecule has 2 aromatic carbocycles. The molecule has 2 aliphatic heterocycles. The van der Waals surface area contributed by atoms with Crippen molar-refractivity contribution in [2.24, 2.45) is 4.99 Å². The number of aromatic nitrogens is 1. The second-order valence-electron chi connectivity index (χ2n) is 16.2. The number of aliphatic imine (C=N–C) groups is 1. The first-order valence-corrected chi connectivity index (χ1v) is 25.0. The second kappa shape index (κ2) is 19.9. The number of aryl methyl sites for hydroxylation is 1. The summed E-state index contributed by atoms with van der Waals surface area (Å²) in [5.74, 6) is -8.21. The second-order valence-corrected chi connectivity index (χ2v) is 21.2. The Morgan fingerprint density at radius 2 is 1.56 bits per heavy atom. The van der Waals surface area contributed by atoms with Crippen LogP contribution in [0.3, 0.4) is 0 Å². The number of amides is 1. The van der Waals surface area contributed by atoms with Gasteiger partial charge in [0, 0.05) is 41.6 Å². The Labute approximate surface area is 374 Å². The van der Waals surface area contributed by atoms with Gasteiger partial charge in [-0.1, -0.05) is 42.7 Å². The number of carbonyl (C=O) groups is 1. The molecular formula is C42H47ClF4N4O10S3. The summed E-state index contributed by atoms with van der Waals surface area (Å²) in [4.78, 5) is 18.9. The summed E-state index contributed by atoms with van der Waals surface area (Å²) < 4.78 is 158. The fourth-order valence-electron chi connectivity index (χ4n) is 7.84. The van der Waals surface area contributed by atoms with E-state index in [9.17, 15) is 61.3 Å². The molecule has 348 valence electrons. The van der Waals surface area contributed by atoms with Crippen LogP contribution in [0.5, 0.6) is 0 Å². The Balaban J connectivity index is 1.41. The number of halogens is 5. The van der Waals surface area contributed by atoms with Gasteiger partial charge in [-0.2, -0.15) is 16.8 Å². The summed E-state index contributed by atoms with van der Waals surface area (Å²) in [6.45, 7) is 6.19. The number of rotatable bonds is 20. The van der Waals surface area contributed by atoms with Gasteiger partial charge in [0.05, 0.1) is 43.3 Å². The maximum Gasteiger partial charge on any atom is 0.327 e. The summed E-state index contributed by atoms with van der Waals surface area (Å²) in [6, 6.07) is 5.92. The minimum absolute atomic E-state index is 0.0280. The lowest BCUT2D eigenvalue weighted by Crippen LogP contribution is -2.36. The fraction of sp³-hybridized carbons (Fsp3) is 0.405. The minimum atomic E-state index is -4.65. The number of anilines is 2. The van der Waals surface area contributed by atoms with Gasteiger partial charge in [-0.25, -0.2) is 30.5 Å². The number of benzene rings is 2. The molecule has 0 spiro atoms. The minimum Gasteiger partial charge on any atom is -0.748 e. The Bertz CT molecular complexity index is 2760. The van der Waals surface area contributed by atoms with E-state index in [-0.39, 0.29) is 56.0 Å². The molecule has 0 saturated heterocycles. The number of nitrogens with zero attached hydrogens (tertiary/aromatic N) is 3. The molecule has 1 amide bonds. The molecule has 3 heterocycles. The van der Waals surface area contributed by atoms with Gasteiger partial charge >= 0.3 is 5.82 Å². The highest BCUT2D eigenvalue weighted by atomic mass is 35.5. The third-order valence-corrected chi connectivity index (χ3v) is 13.8. The zero-order chi connectivity index (χ0) is 47.4. The predicted octanol–water partition coefficient (Wildman–Crippen LogP) is 7.76. The van der Waals surface area contributed by atoms with Crippen LogP contribution in [-0.4, -0.2) is 68.6 Å². The van der Waals surface area contributed by atoms with Crippen LogP contribution in [0.2, 0.25) is 5.02 Å². The van der Waals surface area contributed by atoms with Gasteiger partial charge in [-0.15, -0.1) is 0 Å². The van der Waals surface area contributed by atoms with Crippen LogP contribution in [0.4, 0.5) is 34.8 Å². The number of fused-ring (bicyclic) bond motifs is 2. The number of hydrogen-bond donors (Lipinski definition) is 3. The average molecular weight is 976 g/mol. The monoisotopic (exact) mass is 974 g/mol. The van der Waals surface area contributed by atoms with Crippen molar-refractivity contribution in [3.63, 3.8) is 0 Å².